The van der Waals surface area contributed by atoms with Crippen molar-refractivity contribution in [2.75, 3.05) is 33.3 Å². The molecule has 0 saturated carbocycles. The van der Waals surface area contributed by atoms with Crippen LogP contribution < -0.4 is 0 Å². The maximum atomic E-state index is 14.3. The highest BCUT2D eigenvalue weighted by Gasteiger charge is 2.34. The second-order valence-electron chi connectivity index (χ2n) is 13.2. The molecule has 6 rings (SSSR count). The number of rotatable bonds is 8. The van der Waals surface area contributed by atoms with E-state index in [1.54, 1.807) is 0 Å². The van der Waals surface area contributed by atoms with Crippen molar-refractivity contribution >= 4 is 23.9 Å². The molecule has 0 atom stereocenters. The lowest BCUT2D eigenvalue weighted by molar-refractivity contribution is -0.138. The minimum atomic E-state index is -4.62. The molecule has 13 heteroatoms. The smallest absolute Gasteiger partial charge is 0.416 e. The first-order valence-corrected chi connectivity index (χ1v) is 17.3. The van der Waals surface area contributed by atoms with Crippen LogP contribution in [0.5, 0.6) is 0 Å². The van der Waals surface area contributed by atoms with E-state index < -0.39 is 40.9 Å². The number of nitrogens with zero attached hydrogens (tertiary/aromatic N) is 2. The quantitative estimate of drug-likeness (QED) is 0.101. The van der Waals surface area contributed by atoms with Crippen LogP contribution >= 0.6 is 12.4 Å². The van der Waals surface area contributed by atoms with Crippen LogP contribution in [0.15, 0.2) is 103 Å². The Kier molecular flexibility index (Phi) is 14.8. The number of hydrogen-bond acceptors (Lipinski definition) is 4. The highest BCUT2D eigenvalue weighted by molar-refractivity contribution is 5.98. The van der Waals surface area contributed by atoms with Crippen molar-refractivity contribution in [1.82, 2.24) is 9.80 Å². The standard InChI is InChI=1S/C21H21F4NO.C20H19F4NO.ClH/c1-27-20(18-8-7-17(13-19(18)22)21(23,24)25)16-9-11-26(12-10-16)14-15-5-3-2-4-6-15;21-18-12-16(20(22,23)24)6-7-17(18)19(26)15-8-10-25(11-9-15)13-14-4-2-1-3-5-14;/h2-8,13H,9-12,14H2,1H3;1-7,12,15H,8-11,13H2;1H. The summed E-state index contributed by atoms with van der Waals surface area (Å²) >= 11 is 0. The molecular weight excluding hydrogens is 740 g/mol. The van der Waals surface area contributed by atoms with Gasteiger partial charge < -0.3 is 4.74 Å². The van der Waals surface area contributed by atoms with Gasteiger partial charge >= 0.3 is 12.4 Å². The normalized spacial score (nSPS) is 15.8. The Labute approximate surface area is 315 Å². The van der Waals surface area contributed by atoms with Crippen LogP contribution in [-0.2, 0) is 30.2 Å². The fraction of sp³-hybridized carbons (Fsp3) is 0.341. The molecule has 0 spiro atoms. The van der Waals surface area contributed by atoms with Gasteiger partial charge in [-0.1, -0.05) is 60.7 Å². The van der Waals surface area contributed by atoms with Crippen LogP contribution in [0.2, 0.25) is 0 Å². The minimum absolute atomic E-state index is 0. The molecule has 2 aliphatic heterocycles. The van der Waals surface area contributed by atoms with Crippen molar-refractivity contribution in [1.29, 1.82) is 0 Å². The highest BCUT2D eigenvalue weighted by atomic mass is 35.5. The summed E-state index contributed by atoms with van der Waals surface area (Å²) in [4.78, 5) is 17.0. The Morgan fingerprint density at radius 3 is 1.48 bits per heavy atom. The maximum absolute atomic E-state index is 14.3. The highest BCUT2D eigenvalue weighted by Crippen LogP contribution is 2.35. The molecule has 4 aromatic carbocycles. The number of piperidine rings is 2. The molecule has 0 N–H and O–H groups in total. The first-order chi connectivity index (χ1) is 25.2. The summed E-state index contributed by atoms with van der Waals surface area (Å²) in [6, 6.07) is 24.8. The number of ketones is 1. The fourth-order valence-electron chi connectivity index (χ4n) is 6.68. The summed E-state index contributed by atoms with van der Waals surface area (Å²) in [6.45, 7) is 4.61. The Balaban J connectivity index is 0.000000236. The lowest BCUT2D eigenvalue weighted by atomic mass is 9.88. The van der Waals surface area contributed by atoms with Crippen LogP contribution in [0.25, 0.3) is 5.76 Å². The number of benzene rings is 4. The molecule has 0 aromatic heterocycles. The van der Waals surface area contributed by atoms with Crippen molar-refractivity contribution in [2.45, 2.75) is 51.1 Å². The molecule has 2 fully saturated rings. The number of Topliss-reactive ketones (excluding diaryl/α,β-unsaturated/α-hetero) is 1. The van der Waals surface area contributed by atoms with Crippen molar-refractivity contribution in [3.8, 4) is 0 Å². The van der Waals surface area contributed by atoms with E-state index in [4.69, 9.17) is 4.74 Å². The largest absolute Gasteiger partial charge is 0.496 e. The third-order valence-electron chi connectivity index (χ3n) is 9.54. The van der Waals surface area contributed by atoms with E-state index in [-0.39, 0.29) is 29.5 Å². The molecule has 0 unspecified atom stereocenters. The lowest BCUT2D eigenvalue weighted by Crippen LogP contribution is -2.36. The van der Waals surface area contributed by atoms with Crippen LogP contribution in [-0.4, -0.2) is 48.9 Å². The second-order valence-corrected chi connectivity index (χ2v) is 13.2. The average molecular weight is 781 g/mol. The van der Waals surface area contributed by atoms with Gasteiger partial charge in [0, 0.05) is 32.1 Å². The van der Waals surface area contributed by atoms with Gasteiger partial charge in [-0.3, -0.25) is 14.6 Å². The molecule has 0 radical (unpaired) electrons. The van der Waals surface area contributed by atoms with E-state index in [0.29, 0.717) is 56.7 Å². The van der Waals surface area contributed by atoms with E-state index in [1.165, 1.54) is 18.2 Å². The van der Waals surface area contributed by atoms with Gasteiger partial charge in [0.25, 0.3) is 0 Å². The van der Waals surface area contributed by atoms with Gasteiger partial charge in [0.1, 0.15) is 17.4 Å². The van der Waals surface area contributed by atoms with Crippen LogP contribution in [0.4, 0.5) is 35.1 Å². The molecule has 0 bridgehead atoms. The predicted molar refractivity (Wildman–Crippen MR) is 194 cm³/mol. The summed E-state index contributed by atoms with van der Waals surface area (Å²) < 4.78 is 110. The molecule has 54 heavy (non-hydrogen) atoms. The van der Waals surface area contributed by atoms with Crippen molar-refractivity contribution in [2.24, 2.45) is 5.92 Å². The van der Waals surface area contributed by atoms with Crippen LogP contribution in [0.1, 0.15) is 63.9 Å². The monoisotopic (exact) mass is 780 g/mol. The molecule has 4 nitrogen and oxygen atoms in total. The molecule has 2 heterocycles. The lowest BCUT2D eigenvalue weighted by Gasteiger charge is -2.31. The van der Waals surface area contributed by atoms with E-state index in [0.717, 1.165) is 56.0 Å². The Hall–Kier alpha value is -4.26. The average Bonchev–Trinajstić information content (AvgIpc) is 3.13. The van der Waals surface area contributed by atoms with Crippen LogP contribution in [0, 0.1) is 17.6 Å². The third kappa shape index (κ3) is 11.4. The molecule has 0 aliphatic carbocycles. The number of likely N-dealkylation sites (tertiary alicyclic amines) is 2. The Morgan fingerprint density at radius 1 is 0.648 bits per heavy atom. The summed E-state index contributed by atoms with van der Waals surface area (Å²) in [7, 11) is 1.43. The van der Waals surface area contributed by atoms with Gasteiger partial charge in [-0.15, -0.1) is 12.4 Å². The van der Waals surface area contributed by atoms with Gasteiger partial charge in [0.2, 0.25) is 0 Å². The summed E-state index contributed by atoms with van der Waals surface area (Å²) in [5.41, 5.74) is 1.10. The predicted octanol–water partition coefficient (Wildman–Crippen LogP) is 10.9. The van der Waals surface area contributed by atoms with E-state index in [1.807, 2.05) is 48.5 Å². The number of methoxy groups -OCH3 is 1. The summed E-state index contributed by atoms with van der Waals surface area (Å²) in [6.07, 6.45) is -6.65. The van der Waals surface area contributed by atoms with Gasteiger partial charge in [-0.05, 0) is 91.9 Å². The van der Waals surface area contributed by atoms with Crippen molar-refractivity contribution < 1.29 is 44.7 Å². The number of halogens is 9. The zero-order valence-electron chi connectivity index (χ0n) is 29.5. The topological polar surface area (TPSA) is 32.8 Å². The first kappa shape index (κ1) is 42.5. The molecule has 290 valence electrons. The third-order valence-corrected chi connectivity index (χ3v) is 9.54. The van der Waals surface area contributed by atoms with Crippen molar-refractivity contribution in [3.05, 3.63) is 148 Å². The second kappa shape index (κ2) is 18.9. The van der Waals surface area contributed by atoms with Gasteiger partial charge in [0.15, 0.2) is 5.78 Å². The van der Waals surface area contributed by atoms with Gasteiger partial charge in [0.05, 0.1) is 29.4 Å². The summed E-state index contributed by atoms with van der Waals surface area (Å²) in [5, 5.41) is 0. The number of carbonyl (C=O) groups is 1. The Bertz CT molecular complexity index is 1850. The first-order valence-electron chi connectivity index (χ1n) is 17.3. The molecule has 0 amide bonds. The minimum Gasteiger partial charge on any atom is -0.496 e. The van der Waals surface area contributed by atoms with Crippen LogP contribution in [0.3, 0.4) is 0 Å². The molecule has 2 aliphatic rings. The van der Waals surface area contributed by atoms with Gasteiger partial charge in [-0.2, -0.15) is 26.3 Å². The number of carbonyl (C=O) groups excluding carboxylic acids is 1. The van der Waals surface area contributed by atoms with Gasteiger partial charge in [-0.25, -0.2) is 8.78 Å². The maximum Gasteiger partial charge on any atom is 0.416 e. The zero-order valence-corrected chi connectivity index (χ0v) is 30.3. The number of hydrogen-bond donors (Lipinski definition) is 0. The number of ether oxygens (including phenoxy) is 1. The van der Waals surface area contributed by atoms with E-state index in [9.17, 15) is 39.9 Å². The number of alkyl halides is 6. The Morgan fingerprint density at radius 2 is 1.07 bits per heavy atom. The molecular formula is C41H41ClF8N2O2. The fourth-order valence-corrected chi connectivity index (χ4v) is 6.68. The van der Waals surface area contributed by atoms with E-state index >= 15 is 0 Å². The summed E-state index contributed by atoms with van der Waals surface area (Å²) in [5.74, 6) is -2.43. The van der Waals surface area contributed by atoms with E-state index in [2.05, 4.69) is 21.9 Å². The SMILES string of the molecule is COC(=C1CCN(Cc2ccccc2)CC1)c1ccc(C(F)(F)F)cc1F.Cl.O=C(c1ccc(C(F)(F)F)cc1F)C1CCN(Cc2ccccc2)CC1. The molecule has 2 saturated heterocycles. The van der Waals surface area contributed by atoms with Crippen molar-refractivity contribution in [3.63, 3.8) is 0 Å². The molecule has 4 aromatic rings. The zero-order chi connectivity index (χ0) is 38.2.